The highest BCUT2D eigenvalue weighted by atomic mass is 35.5. The summed E-state index contributed by atoms with van der Waals surface area (Å²) < 4.78 is 5.45. The number of nitrogens with zero attached hydrogens (tertiary/aromatic N) is 1. The van der Waals surface area contributed by atoms with Gasteiger partial charge in [-0.3, -0.25) is 4.79 Å². The number of carbonyl (C=O) groups excluding carboxylic acids is 1. The molecule has 1 saturated heterocycles. The summed E-state index contributed by atoms with van der Waals surface area (Å²) in [5.41, 5.74) is 1.46. The van der Waals surface area contributed by atoms with Crippen molar-refractivity contribution < 1.29 is 9.53 Å². The third-order valence-electron chi connectivity index (χ3n) is 3.60. The number of carbonyl (C=O) groups is 1. The van der Waals surface area contributed by atoms with E-state index in [9.17, 15) is 4.79 Å². The van der Waals surface area contributed by atoms with Crippen LogP contribution < -0.4 is 5.32 Å². The second-order valence-corrected chi connectivity index (χ2v) is 5.64. The van der Waals surface area contributed by atoms with E-state index in [1.165, 1.54) is 0 Å². The number of ether oxygens (including phenoxy) is 1. The van der Waals surface area contributed by atoms with Gasteiger partial charge in [-0.25, -0.2) is 4.98 Å². The fraction of sp³-hybridized carbons (Fsp3) is 0.571. The number of rotatable bonds is 4. The van der Waals surface area contributed by atoms with Crippen LogP contribution >= 0.6 is 11.6 Å². The van der Waals surface area contributed by atoms with E-state index in [0.717, 1.165) is 38.0 Å². The van der Waals surface area contributed by atoms with Crippen molar-refractivity contribution in [3.63, 3.8) is 0 Å². The maximum absolute atomic E-state index is 12.2. The molecule has 2 heterocycles. The van der Waals surface area contributed by atoms with Crippen LogP contribution in [0.2, 0.25) is 5.15 Å². The predicted molar refractivity (Wildman–Crippen MR) is 73.8 cm³/mol. The Balaban J connectivity index is 1.80. The lowest BCUT2D eigenvalue weighted by Crippen LogP contribution is -2.30. The molecule has 3 rings (SSSR count). The molecule has 0 bridgehead atoms. The third-order valence-corrected chi connectivity index (χ3v) is 3.81. The summed E-state index contributed by atoms with van der Waals surface area (Å²) in [5.74, 6) is 0.370. The second kappa shape index (κ2) is 5.47. The lowest BCUT2D eigenvalue weighted by atomic mass is 10.1. The molecule has 1 aromatic heterocycles. The van der Waals surface area contributed by atoms with Crippen molar-refractivity contribution in [2.45, 2.75) is 31.7 Å². The second-order valence-electron chi connectivity index (χ2n) is 5.25. The van der Waals surface area contributed by atoms with Crippen molar-refractivity contribution in [2.24, 2.45) is 5.92 Å². The molecule has 5 heteroatoms. The highest BCUT2D eigenvalue weighted by molar-refractivity contribution is 6.29. The molecule has 1 aliphatic carbocycles. The zero-order valence-electron chi connectivity index (χ0n) is 10.7. The van der Waals surface area contributed by atoms with E-state index < -0.39 is 0 Å². The molecule has 1 aromatic rings. The standard InChI is InChI=1S/C14H17ClN2O2/c15-13-6-12(17-10-2-1-5-19-8-10)11(7-16-13)14(18)9-3-4-9/h6-7,9-10H,1-5,8H2,(H,16,17). The molecule has 0 radical (unpaired) electrons. The van der Waals surface area contributed by atoms with Crippen molar-refractivity contribution in [1.82, 2.24) is 4.98 Å². The van der Waals surface area contributed by atoms with Gasteiger partial charge in [0.15, 0.2) is 5.78 Å². The molecule has 1 atom stereocenters. The van der Waals surface area contributed by atoms with Crippen molar-refractivity contribution in [3.8, 4) is 0 Å². The van der Waals surface area contributed by atoms with Gasteiger partial charge in [0.2, 0.25) is 0 Å². The van der Waals surface area contributed by atoms with Gasteiger partial charge >= 0.3 is 0 Å². The predicted octanol–water partition coefficient (Wildman–Crippen LogP) is 2.92. The summed E-state index contributed by atoms with van der Waals surface area (Å²) in [6.07, 6.45) is 5.68. The monoisotopic (exact) mass is 280 g/mol. The lowest BCUT2D eigenvalue weighted by molar-refractivity contribution is 0.0874. The number of halogens is 1. The van der Waals surface area contributed by atoms with Gasteiger partial charge in [-0.2, -0.15) is 0 Å². The first-order chi connectivity index (χ1) is 9.24. The molecule has 4 nitrogen and oxygen atoms in total. The Morgan fingerprint density at radius 1 is 1.42 bits per heavy atom. The molecule has 0 aromatic carbocycles. The van der Waals surface area contributed by atoms with Crippen molar-refractivity contribution in [1.29, 1.82) is 0 Å². The molecule has 2 fully saturated rings. The number of nitrogens with one attached hydrogen (secondary N) is 1. The fourth-order valence-corrected chi connectivity index (χ4v) is 2.54. The van der Waals surface area contributed by atoms with E-state index in [0.29, 0.717) is 17.3 Å². The Hall–Kier alpha value is -1.13. The number of ketones is 1. The van der Waals surface area contributed by atoms with E-state index in [1.807, 2.05) is 0 Å². The number of pyridine rings is 1. The molecule has 102 valence electrons. The SMILES string of the molecule is O=C(c1cnc(Cl)cc1NC1CCCOC1)C1CC1. The van der Waals surface area contributed by atoms with Crippen LogP contribution in [0.3, 0.4) is 0 Å². The largest absolute Gasteiger partial charge is 0.379 e. The van der Waals surface area contributed by atoms with Crippen LogP contribution in [0, 0.1) is 5.92 Å². The molecule has 0 spiro atoms. The summed E-state index contributed by atoms with van der Waals surface area (Å²) in [7, 11) is 0. The molecule has 2 aliphatic rings. The van der Waals surface area contributed by atoms with Crippen LogP contribution in [-0.2, 0) is 4.74 Å². The minimum atomic E-state index is 0.184. The van der Waals surface area contributed by atoms with Gasteiger partial charge < -0.3 is 10.1 Å². The minimum Gasteiger partial charge on any atom is -0.379 e. The topological polar surface area (TPSA) is 51.2 Å². The highest BCUT2D eigenvalue weighted by Gasteiger charge is 2.32. The van der Waals surface area contributed by atoms with Crippen LogP contribution in [-0.4, -0.2) is 30.0 Å². The maximum atomic E-state index is 12.2. The van der Waals surface area contributed by atoms with E-state index in [1.54, 1.807) is 12.3 Å². The van der Waals surface area contributed by atoms with Gasteiger partial charge in [0.1, 0.15) is 5.15 Å². The first kappa shape index (κ1) is 12.9. The van der Waals surface area contributed by atoms with Crippen molar-refractivity contribution in [2.75, 3.05) is 18.5 Å². The normalized spacial score (nSPS) is 23.1. The average Bonchev–Trinajstić information content (AvgIpc) is 3.24. The summed E-state index contributed by atoms with van der Waals surface area (Å²) in [6.45, 7) is 1.50. The summed E-state index contributed by atoms with van der Waals surface area (Å²) in [6, 6.07) is 1.99. The van der Waals surface area contributed by atoms with E-state index in [2.05, 4.69) is 10.3 Å². The Morgan fingerprint density at radius 3 is 2.95 bits per heavy atom. The molecule has 0 amide bonds. The Bertz CT molecular complexity index is 482. The maximum Gasteiger partial charge on any atom is 0.169 e. The van der Waals surface area contributed by atoms with E-state index in [-0.39, 0.29) is 17.7 Å². The molecule has 19 heavy (non-hydrogen) atoms. The van der Waals surface area contributed by atoms with Gasteiger partial charge in [-0.15, -0.1) is 0 Å². The first-order valence-corrected chi connectivity index (χ1v) is 7.16. The quantitative estimate of drug-likeness (QED) is 0.681. The van der Waals surface area contributed by atoms with Gasteiger partial charge in [-0.05, 0) is 31.7 Å². The van der Waals surface area contributed by atoms with Crippen LogP contribution in [0.4, 0.5) is 5.69 Å². The Labute approximate surface area is 117 Å². The minimum absolute atomic E-state index is 0.184. The third kappa shape index (κ3) is 3.07. The first-order valence-electron chi connectivity index (χ1n) is 6.78. The summed E-state index contributed by atoms with van der Waals surface area (Å²) >= 11 is 5.94. The smallest absolute Gasteiger partial charge is 0.169 e. The summed E-state index contributed by atoms with van der Waals surface area (Å²) in [4.78, 5) is 16.3. The number of Topliss-reactive ketones (excluding diaryl/α,β-unsaturated/α-hetero) is 1. The average molecular weight is 281 g/mol. The fourth-order valence-electron chi connectivity index (χ4n) is 2.39. The number of anilines is 1. The highest BCUT2D eigenvalue weighted by Crippen LogP contribution is 2.35. The van der Waals surface area contributed by atoms with Crippen LogP contribution in [0.25, 0.3) is 0 Å². The lowest BCUT2D eigenvalue weighted by Gasteiger charge is -2.25. The van der Waals surface area contributed by atoms with Gasteiger partial charge in [-0.1, -0.05) is 11.6 Å². The van der Waals surface area contributed by atoms with Crippen LogP contribution in [0.15, 0.2) is 12.3 Å². The molecule has 1 unspecified atom stereocenters. The van der Waals surface area contributed by atoms with Crippen molar-refractivity contribution in [3.05, 3.63) is 23.0 Å². The van der Waals surface area contributed by atoms with Crippen LogP contribution in [0.5, 0.6) is 0 Å². The van der Waals surface area contributed by atoms with Crippen LogP contribution in [0.1, 0.15) is 36.0 Å². The zero-order valence-corrected chi connectivity index (χ0v) is 11.4. The molecule has 1 aliphatic heterocycles. The van der Waals surface area contributed by atoms with Gasteiger partial charge in [0.05, 0.1) is 12.2 Å². The van der Waals surface area contributed by atoms with Crippen molar-refractivity contribution >= 4 is 23.1 Å². The molecular weight excluding hydrogens is 264 g/mol. The Morgan fingerprint density at radius 2 is 2.26 bits per heavy atom. The molecule has 1 N–H and O–H groups in total. The Kier molecular flexibility index (Phi) is 3.71. The molecular formula is C14H17ClN2O2. The van der Waals surface area contributed by atoms with E-state index >= 15 is 0 Å². The number of aromatic nitrogens is 1. The summed E-state index contributed by atoms with van der Waals surface area (Å²) in [5, 5.41) is 3.79. The number of hydrogen-bond acceptors (Lipinski definition) is 4. The van der Waals surface area contributed by atoms with E-state index in [4.69, 9.17) is 16.3 Å². The zero-order chi connectivity index (χ0) is 13.2. The van der Waals surface area contributed by atoms with Gasteiger partial charge in [0.25, 0.3) is 0 Å². The van der Waals surface area contributed by atoms with Gasteiger partial charge in [0, 0.05) is 30.5 Å². The molecule has 1 saturated carbocycles. The number of hydrogen-bond donors (Lipinski definition) is 1.